The smallest absolute Gasteiger partial charge is 0.169 e. The lowest BCUT2D eigenvalue weighted by molar-refractivity contribution is 0.776. The summed E-state index contributed by atoms with van der Waals surface area (Å²) in [6, 6.07) is 10.5. The molecule has 0 aliphatic carbocycles. The van der Waals surface area contributed by atoms with Gasteiger partial charge in [0.05, 0.1) is 9.90 Å². The van der Waals surface area contributed by atoms with Gasteiger partial charge < -0.3 is 0 Å². The van der Waals surface area contributed by atoms with Gasteiger partial charge >= 0.3 is 0 Å². The summed E-state index contributed by atoms with van der Waals surface area (Å²) in [5, 5.41) is 4.81. The van der Waals surface area contributed by atoms with Crippen LogP contribution in [0.2, 0.25) is 5.02 Å². The molecule has 20 heavy (non-hydrogen) atoms. The van der Waals surface area contributed by atoms with Crippen LogP contribution in [0, 0.1) is 0 Å². The average Bonchev–Trinajstić information content (AvgIpc) is 3.05. The standard InChI is InChI=1S/C14H12ClN3S2/c1-18-14(16-8-17-18)13-11(15)7-12(20-13)9-3-5-10(19-2)6-4-9/h3-8H,1-2H3. The van der Waals surface area contributed by atoms with Crippen LogP contribution in [0.15, 0.2) is 41.6 Å². The molecule has 0 saturated carbocycles. The molecule has 0 atom stereocenters. The predicted molar refractivity (Wildman–Crippen MR) is 86.5 cm³/mol. The second-order valence-electron chi connectivity index (χ2n) is 4.22. The number of thiophene rings is 1. The zero-order chi connectivity index (χ0) is 14.1. The number of benzene rings is 1. The van der Waals surface area contributed by atoms with E-state index in [9.17, 15) is 0 Å². The van der Waals surface area contributed by atoms with Gasteiger partial charge in [-0.25, -0.2) is 9.67 Å². The summed E-state index contributed by atoms with van der Waals surface area (Å²) in [7, 11) is 1.87. The lowest BCUT2D eigenvalue weighted by atomic mass is 10.2. The van der Waals surface area contributed by atoms with E-state index in [2.05, 4.69) is 40.6 Å². The lowest BCUT2D eigenvalue weighted by Crippen LogP contribution is -1.92. The third-order valence-electron chi connectivity index (χ3n) is 2.98. The van der Waals surface area contributed by atoms with E-state index in [1.54, 1.807) is 34.1 Å². The SMILES string of the molecule is CSc1ccc(-c2cc(Cl)c(-c3ncnn3C)s2)cc1. The highest BCUT2D eigenvalue weighted by Crippen LogP contribution is 2.40. The van der Waals surface area contributed by atoms with Crippen molar-refractivity contribution in [2.75, 3.05) is 6.26 Å². The molecular formula is C14H12ClN3S2. The van der Waals surface area contributed by atoms with E-state index >= 15 is 0 Å². The Labute approximate surface area is 130 Å². The minimum Gasteiger partial charge on any atom is -0.248 e. The fraction of sp³-hybridized carbons (Fsp3) is 0.143. The molecule has 0 aliphatic rings. The Balaban J connectivity index is 2.02. The van der Waals surface area contributed by atoms with Crippen LogP contribution in [-0.4, -0.2) is 21.0 Å². The maximum absolute atomic E-state index is 6.34. The molecule has 0 aliphatic heterocycles. The van der Waals surface area contributed by atoms with E-state index in [1.807, 2.05) is 13.1 Å². The molecule has 0 radical (unpaired) electrons. The Morgan fingerprint density at radius 1 is 1.25 bits per heavy atom. The van der Waals surface area contributed by atoms with Crippen LogP contribution in [0.25, 0.3) is 21.1 Å². The van der Waals surface area contributed by atoms with Crippen LogP contribution >= 0.6 is 34.7 Å². The molecule has 2 heterocycles. The predicted octanol–water partition coefficient (Wildman–Crippen LogP) is 4.59. The first-order valence-corrected chi connectivity index (χ1v) is 8.39. The summed E-state index contributed by atoms with van der Waals surface area (Å²) in [4.78, 5) is 7.60. The van der Waals surface area contributed by atoms with Gasteiger partial charge in [0.1, 0.15) is 6.33 Å². The highest BCUT2D eigenvalue weighted by atomic mass is 35.5. The Hall–Kier alpha value is -1.30. The van der Waals surface area contributed by atoms with Crippen LogP contribution in [0.1, 0.15) is 0 Å². The number of thioether (sulfide) groups is 1. The fourth-order valence-corrected chi connectivity index (χ4v) is 3.79. The molecular weight excluding hydrogens is 310 g/mol. The van der Waals surface area contributed by atoms with Crippen molar-refractivity contribution in [3.8, 4) is 21.1 Å². The molecule has 1 aromatic carbocycles. The molecule has 0 bridgehead atoms. The zero-order valence-corrected chi connectivity index (χ0v) is 13.4. The number of aryl methyl sites for hydroxylation is 1. The van der Waals surface area contributed by atoms with Crippen molar-refractivity contribution in [1.82, 2.24) is 14.8 Å². The molecule has 102 valence electrons. The van der Waals surface area contributed by atoms with E-state index in [-0.39, 0.29) is 0 Å². The van der Waals surface area contributed by atoms with Crippen molar-refractivity contribution in [2.24, 2.45) is 7.05 Å². The third-order valence-corrected chi connectivity index (χ3v) is 5.31. The second-order valence-corrected chi connectivity index (χ2v) is 6.56. The van der Waals surface area contributed by atoms with Gasteiger partial charge in [0.2, 0.25) is 0 Å². The van der Waals surface area contributed by atoms with E-state index in [0.29, 0.717) is 0 Å². The number of hydrogen-bond acceptors (Lipinski definition) is 4. The molecule has 0 fully saturated rings. The molecule has 3 rings (SSSR count). The van der Waals surface area contributed by atoms with Crippen LogP contribution in [0.5, 0.6) is 0 Å². The molecule has 2 aromatic heterocycles. The molecule has 0 amide bonds. The topological polar surface area (TPSA) is 30.7 Å². The largest absolute Gasteiger partial charge is 0.248 e. The molecule has 6 heteroatoms. The summed E-state index contributed by atoms with van der Waals surface area (Å²) in [6.45, 7) is 0. The van der Waals surface area contributed by atoms with Gasteiger partial charge in [-0.2, -0.15) is 5.10 Å². The van der Waals surface area contributed by atoms with Crippen molar-refractivity contribution in [3.63, 3.8) is 0 Å². The van der Waals surface area contributed by atoms with Crippen molar-refractivity contribution >= 4 is 34.7 Å². The monoisotopic (exact) mass is 321 g/mol. The maximum atomic E-state index is 6.34. The first-order chi connectivity index (χ1) is 9.69. The van der Waals surface area contributed by atoms with E-state index in [0.717, 1.165) is 20.6 Å². The molecule has 3 nitrogen and oxygen atoms in total. The van der Waals surface area contributed by atoms with Gasteiger partial charge in [0.25, 0.3) is 0 Å². The molecule has 0 spiro atoms. The second kappa shape index (κ2) is 5.60. The summed E-state index contributed by atoms with van der Waals surface area (Å²) < 4.78 is 1.73. The highest BCUT2D eigenvalue weighted by Gasteiger charge is 2.14. The van der Waals surface area contributed by atoms with Gasteiger partial charge in [-0.15, -0.1) is 23.1 Å². The quantitative estimate of drug-likeness (QED) is 0.661. The summed E-state index contributed by atoms with van der Waals surface area (Å²) in [5.41, 5.74) is 1.17. The van der Waals surface area contributed by atoms with Gasteiger partial charge in [-0.1, -0.05) is 23.7 Å². The van der Waals surface area contributed by atoms with E-state index < -0.39 is 0 Å². The number of aromatic nitrogens is 3. The summed E-state index contributed by atoms with van der Waals surface area (Å²) >= 11 is 9.71. The Morgan fingerprint density at radius 3 is 2.60 bits per heavy atom. The van der Waals surface area contributed by atoms with Gasteiger partial charge in [0.15, 0.2) is 5.82 Å². The van der Waals surface area contributed by atoms with Gasteiger partial charge in [0, 0.05) is 16.8 Å². The van der Waals surface area contributed by atoms with E-state index in [4.69, 9.17) is 11.6 Å². The highest BCUT2D eigenvalue weighted by molar-refractivity contribution is 7.98. The van der Waals surface area contributed by atoms with Gasteiger partial charge in [-0.05, 0) is 30.0 Å². The number of halogens is 1. The Morgan fingerprint density at radius 2 is 2.00 bits per heavy atom. The van der Waals surface area contributed by atoms with Crippen molar-refractivity contribution in [3.05, 3.63) is 41.7 Å². The fourth-order valence-electron chi connectivity index (χ4n) is 1.92. The van der Waals surface area contributed by atoms with E-state index in [1.165, 1.54) is 10.5 Å². The summed E-state index contributed by atoms with van der Waals surface area (Å²) in [5.74, 6) is 0.798. The Kier molecular flexibility index (Phi) is 3.83. The van der Waals surface area contributed by atoms with Crippen LogP contribution < -0.4 is 0 Å². The molecule has 3 aromatic rings. The average molecular weight is 322 g/mol. The first-order valence-electron chi connectivity index (χ1n) is 5.97. The van der Waals surface area contributed by atoms with Crippen molar-refractivity contribution in [2.45, 2.75) is 4.90 Å². The van der Waals surface area contributed by atoms with Crippen molar-refractivity contribution < 1.29 is 0 Å². The number of hydrogen-bond donors (Lipinski definition) is 0. The first kappa shape index (κ1) is 13.7. The van der Waals surface area contributed by atoms with Gasteiger partial charge in [-0.3, -0.25) is 0 Å². The third kappa shape index (κ3) is 2.49. The summed E-state index contributed by atoms with van der Waals surface area (Å²) in [6.07, 6.45) is 3.61. The Bertz CT molecular complexity index is 731. The normalized spacial score (nSPS) is 10.9. The minimum absolute atomic E-state index is 0.718. The van der Waals surface area contributed by atoms with Crippen LogP contribution in [0.3, 0.4) is 0 Å². The molecule has 0 unspecified atom stereocenters. The van der Waals surface area contributed by atoms with Crippen LogP contribution in [0.4, 0.5) is 0 Å². The zero-order valence-electron chi connectivity index (χ0n) is 11.0. The minimum atomic E-state index is 0.718. The van der Waals surface area contributed by atoms with Crippen LogP contribution in [-0.2, 0) is 7.05 Å². The maximum Gasteiger partial charge on any atom is 0.169 e. The lowest BCUT2D eigenvalue weighted by Gasteiger charge is -1.99. The molecule has 0 N–H and O–H groups in total. The molecule has 0 saturated heterocycles. The van der Waals surface area contributed by atoms with Crippen molar-refractivity contribution in [1.29, 1.82) is 0 Å². The number of nitrogens with zero attached hydrogens (tertiary/aromatic N) is 3. The number of rotatable bonds is 3.